The number of hydrogen-bond donors (Lipinski definition) is 1. The van der Waals surface area contributed by atoms with Crippen LogP contribution in [0.25, 0.3) is 11.3 Å². The molecule has 0 radical (unpaired) electrons. The number of nitrogens with one attached hydrogen (secondary N) is 1. The van der Waals surface area contributed by atoms with Gasteiger partial charge in [0, 0.05) is 21.2 Å². The lowest BCUT2D eigenvalue weighted by Gasteiger charge is -2.16. The van der Waals surface area contributed by atoms with Crippen molar-refractivity contribution in [3.8, 4) is 22.9 Å². The second kappa shape index (κ2) is 11.1. The predicted octanol–water partition coefficient (Wildman–Crippen LogP) is 5.93. The molecule has 4 aromatic rings. The van der Waals surface area contributed by atoms with Gasteiger partial charge in [0.15, 0.2) is 5.03 Å². The predicted molar refractivity (Wildman–Crippen MR) is 149 cm³/mol. The Morgan fingerprint density at radius 3 is 2.24 bits per heavy atom. The first-order chi connectivity index (χ1) is 18.1. The highest BCUT2D eigenvalue weighted by Gasteiger charge is 2.24. The summed E-state index contributed by atoms with van der Waals surface area (Å²) in [4.78, 5) is 21.9. The summed E-state index contributed by atoms with van der Waals surface area (Å²) in [5.41, 5.74) is 5.65. The molecule has 0 atom stereocenters. The van der Waals surface area contributed by atoms with Crippen LogP contribution in [0.4, 0.5) is 0 Å². The average molecular weight is 536 g/mol. The molecule has 0 fully saturated rings. The molecule has 2 aromatic heterocycles. The number of methoxy groups -OCH3 is 1. The van der Waals surface area contributed by atoms with Crippen LogP contribution in [-0.4, -0.2) is 31.4 Å². The van der Waals surface area contributed by atoms with Crippen molar-refractivity contribution in [3.05, 3.63) is 100 Å². The Morgan fingerprint density at radius 2 is 1.61 bits per heavy atom. The highest BCUT2D eigenvalue weighted by molar-refractivity contribution is 7.90. The fraction of sp³-hybridized carbons (Fsp3) is 0.207. The first kappa shape index (κ1) is 27.0. The molecule has 1 amide bonds. The molecule has 0 saturated carbocycles. The Bertz CT molecular complexity index is 1590. The third-order valence-electron chi connectivity index (χ3n) is 5.83. The zero-order valence-electron chi connectivity index (χ0n) is 21.9. The fourth-order valence-corrected chi connectivity index (χ4v) is 5.09. The maximum Gasteiger partial charge on any atom is 0.281 e. The molecule has 0 saturated heterocycles. The second-order valence-electron chi connectivity index (χ2n) is 9.06. The van der Waals surface area contributed by atoms with Gasteiger partial charge < -0.3 is 9.47 Å². The molecule has 2 aromatic carbocycles. The maximum absolute atomic E-state index is 13.3. The molecule has 0 unspecified atom stereocenters. The summed E-state index contributed by atoms with van der Waals surface area (Å²) in [6.45, 7) is 7.95. The number of aromatic nitrogens is 2. The minimum Gasteiger partial charge on any atom is -0.438 e. The van der Waals surface area contributed by atoms with E-state index in [1.807, 2.05) is 57.2 Å². The van der Waals surface area contributed by atoms with Gasteiger partial charge >= 0.3 is 0 Å². The Kier molecular flexibility index (Phi) is 7.89. The van der Waals surface area contributed by atoms with Gasteiger partial charge in [0.25, 0.3) is 15.9 Å². The van der Waals surface area contributed by atoms with Crippen molar-refractivity contribution in [3.63, 3.8) is 0 Å². The van der Waals surface area contributed by atoms with Crippen molar-refractivity contribution >= 4 is 15.9 Å². The van der Waals surface area contributed by atoms with Crippen molar-refractivity contribution < 1.29 is 25.5 Å². The van der Waals surface area contributed by atoms with Gasteiger partial charge in [0.2, 0.25) is 5.88 Å². The quantitative estimate of drug-likeness (QED) is 0.298. The van der Waals surface area contributed by atoms with E-state index in [0.29, 0.717) is 23.7 Å². The smallest absolute Gasteiger partial charge is 0.281 e. The lowest BCUT2D eigenvalue weighted by molar-refractivity contribution is 0.0978. The fourth-order valence-electron chi connectivity index (χ4n) is 4.11. The van der Waals surface area contributed by atoms with Crippen LogP contribution in [0.3, 0.4) is 0 Å². The number of rotatable bonds is 8. The van der Waals surface area contributed by atoms with E-state index in [1.54, 1.807) is 32.2 Å². The zero-order chi connectivity index (χ0) is 27.4. The van der Waals surface area contributed by atoms with E-state index in [2.05, 4.69) is 14.7 Å². The Morgan fingerprint density at radius 1 is 0.921 bits per heavy atom. The van der Waals surface area contributed by atoms with Crippen molar-refractivity contribution in [2.45, 2.75) is 39.3 Å². The summed E-state index contributed by atoms with van der Waals surface area (Å²) < 4.78 is 39.3. The van der Waals surface area contributed by atoms with E-state index < -0.39 is 15.9 Å². The molecule has 1 N–H and O–H groups in total. The lowest BCUT2D eigenvalue weighted by atomic mass is 10.1. The van der Waals surface area contributed by atoms with Gasteiger partial charge in [0.1, 0.15) is 11.3 Å². The third kappa shape index (κ3) is 6.07. The monoisotopic (exact) mass is 535 g/mol. The van der Waals surface area contributed by atoms with Crippen LogP contribution in [0.5, 0.6) is 11.6 Å². The van der Waals surface area contributed by atoms with E-state index in [0.717, 1.165) is 27.8 Å². The number of aryl methyl sites for hydroxylation is 4. The van der Waals surface area contributed by atoms with Gasteiger partial charge in [0.05, 0.1) is 12.3 Å². The number of ether oxygens (including phenoxy) is 2. The van der Waals surface area contributed by atoms with Crippen LogP contribution in [0.2, 0.25) is 0 Å². The summed E-state index contributed by atoms with van der Waals surface area (Å²) in [6.07, 6.45) is 0. The highest BCUT2D eigenvalue weighted by atomic mass is 32.2. The molecule has 2 heterocycles. The van der Waals surface area contributed by atoms with Crippen molar-refractivity contribution in [1.82, 2.24) is 14.7 Å². The van der Waals surface area contributed by atoms with E-state index in [-0.39, 0.29) is 19.3 Å². The second-order valence-corrected chi connectivity index (χ2v) is 10.7. The number of sulfonamides is 1. The van der Waals surface area contributed by atoms with Gasteiger partial charge in [-0.05, 0) is 68.7 Å². The lowest BCUT2D eigenvalue weighted by Crippen LogP contribution is -2.31. The van der Waals surface area contributed by atoms with Crippen LogP contribution in [0.1, 0.15) is 41.2 Å². The van der Waals surface area contributed by atoms with Gasteiger partial charge in [-0.2, -0.15) is 8.42 Å². The molecule has 0 spiro atoms. The van der Waals surface area contributed by atoms with Crippen molar-refractivity contribution in [1.29, 1.82) is 0 Å². The van der Waals surface area contributed by atoms with Crippen molar-refractivity contribution in [2.75, 3.05) is 7.11 Å². The van der Waals surface area contributed by atoms with Crippen LogP contribution in [0, 0.1) is 27.7 Å². The Balaban J connectivity index is 0.00000280. The highest BCUT2D eigenvalue weighted by Crippen LogP contribution is 2.32. The molecular weight excluding hydrogens is 502 g/mol. The topological polar surface area (TPSA) is 107 Å². The minimum absolute atomic E-state index is 0. The largest absolute Gasteiger partial charge is 0.438 e. The first-order valence-electron chi connectivity index (χ1n) is 11.9. The van der Waals surface area contributed by atoms with Crippen LogP contribution in [0.15, 0.2) is 71.8 Å². The molecular formula is C29H33N3O5S. The molecule has 0 aliphatic carbocycles. The third-order valence-corrected chi connectivity index (χ3v) is 7.07. The summed E-state index contributed by atoms with van der Waals surface area (Å²) >= 11 is 0. The number of amides is 1. The van der Waals surface area contributed by atoms with E-state index >= 15 is 0 Å². The van der Waals surface area contributed by atoms with Gasteiger partial charge in [-0.25, -0.2) is 14.7 Å². The average Bonchev–Trinajstić information content (AvgIpc) is 2.86. The molecule has 200 valence electrons. The molecule has 4 rings (SSSR count). The van der Waals surface area contributed by atoms with Gasteiger partial charge in [-0.15, -0.1) is 0 Å². The molecule has 38 heavy (non-hydrogen) atoms. The summed E-state index contributed by atoms with van der Waals surface area (Å²) in [5.74, 6) is -0.336. The molecule has 0 aliphatic heterocycles. The number of nitrogens with zero attached hydrogens (tertiary/aromatic N) is 2. The SMILES string of the molecule is COCc1ccc(-c2ccc(C(=O)NS(=O)(=O)c3cccc(C)n3)c(Oc3c(C)cc(C)cc3C)n2)cc1.[HH].[HH]. The summed E-state index contributed by atoms with van der Waals surface area (Å²) in [5, 5.41) is -0.251. The molecule has 9 heteroatoms. The van der Waals surface area contributed by atoms with Gasteiger partial charge in [-0.3, -0.25) is 4.79 Å². The van der Waals surface area contributed by atoms with Gasteiger partial charge in [-0.1, -0.05) is 48.0 Å². The summed E-state index contributed by atoms with van der Waals surface area (Å²) in [6, 6.07) is 19.3. The van der Waals surface area contributed by atoms with E-state index in [9.17, 15) is 13.2 Å². The molecule has 8 nitrogen and oxygen atoms in total. The van der Waals surface area contributed by atoms with Crippen LogP contribution >= 0.6 is 0 Å². The number of hydrogen-bond acceptors (Lipinski definition) is 7. The molecule has 0 aliphatic rings. The Hall–Kier alpha value is -4.08. The number of carbonyl (C=O) groups is 1. The normalized spacial score (nSPS) is 11.3. The van der Waals surface area contributed by atoms with Crippen LogP contribution in [-0.2, 0) is 21.4 Å². The van der Waals surface area contributed by atoms with E-state index in [1.165, 1.54) is 12.1 Å². The number of pyridine rings is 2. The standard InChI is InChI=1S/C29H29N3O5S.2H2/c1-18-15-19(2)27(20(3)16-18)37-29-24(28(33)32-38(34,35)26-8-6-7-21(4)30-26)13-14-25(31-29)23-11-9-22(10-12-23)17-36-5;;/h6-16H,17H2,1-5H3,(H,32,33);2*1H. The van der Waals surface area contributed by atoms with Crippen LogP contribution < -0.4 is 9.46 Å². The minimum atomic E-state index is -4.22. The molecule has 0 bridgehead atoms. The summed E-state index contributed by atoms with van der Waals surface area (Å²) in [7, 11) is -2.59. The van der Waals surface area contributed by atoms with Crippen molar-refractivity contribution in [2.24, 2.45) is 0 Å². The number of carbonyl (C=O) groups excluding carboxylic acids is 1. The number of benzene rings is 2. The first-order valence-corrected chi connectivity index (χ1v) is 13.4. The maximum atomic E-state index is 13.3. The van der Waals surface area contributed by atoms with E-state index in [4.69, 9.17) is 9.47 Å². The zero-order valence-corrected chi connectivity index (χ0v) is 22.7. The Labute approximate surface area is 225 Å².